The van der Waals surface area contributed by atoms with E-state index in [0.717, 1.165) is 21.4 Å². The predicted octanol–water partition coefficient (Wildman–Crippen LogP) is 4.19. The highest BCUT2D eigenvalue weighted by molar-refractivity contribution is 9.10. The summed E-state index contributed by atoms with van der Waals surface area (Å²) in [5.41, 5.74) is 5.47. The molecule has 0 saturated heterocycles. The van der Waals surface area contributed by atoms with Crippen LogP contribution in [0.3, 0.4) is 0 Å². The van der Waals surface area contributed by atoms with E-state index in [1.54, 1.807) is 12.1 Å². The third kappa shape index (κ3) is 3.64. The Morgan fingerprint density at radius 2 is 1.75 bits per heavy atom. The van der Waals surface area contributed by atoms with Gasteiger partial charge >= 0.3 is 0 Å². The first-order valence-corrected chi connectivity index (χ1v) is 6.66. The lowest BCUT2D eigenvalue weighted by Crippen LogP contribution is -2.00. The molecule has 0 aromatic heterocycles. The molecule has 20 heavy (non-hydrogen) atoms. The fraction of sp³-hybridized carbons (Fsp3) is 0.0714. The molecule has 0 radical (unpaired) electrons. The molecule has 2 aromatic carbocycles. The van der Waals surface area contributed by atoms with Crippen LogP contribution in [-0.4, -0.2) is 10.6 Å². The van der Waals surface area contributed by atoms with Gasteiger partial charge in [-0.25, -0.2) is 0 Å². The summed E-state index contributed by atoms with van der Waals surface area (Å²) >= 11 is 3.36. The lowest BCUT2D eigenvalue weighted by atomic mass is 10.1. The summed E-state index contributed by atoms with van der Waals surface area (Å²) < 4.78 is 0.999. The normalized spacial score (nSPS) is 11.2. The molecular weight excluding hydrogens is 322 g/mol. The number of nitro groups is 1. The van der Waals surface area contributed by atoms with Gasteiger partial charge in [0.15, 0.2) is 0 Å². The van der Waals surface area contributed by atoms with E-state index in [2.05, 4.69) is 26.5 Å². The molecule has 0 heterocycles. The first-order chi connectivity index (χ1) is 9.56. The summed E-state index contributed by atoms with van der Waals surface area (Å²) in [7, 11) is 0. The van der Waals surface area contributed by atoms with Crippen LogP contribution in [0.1, 0.15) is 12.5 Å². The molecule has 0 aliphatic carbocycles. The molecule has 0 atom stereocenters. The average molecular weight is 334 g/mol. The summed E-state index contributed by atoms with van der Waals surface area (Å²) in [6.07, 6.45) is 0. The average Bonchev–Trinajstić information content (AvgIpc) is 2.46. The van der Waals surface area contributed by atoms with Gasteiger partial charge in [-0.15, -0.1) is 0 Å². The Labute approximate surface area is 124 Å². The van der Waals surface area contributed by atoms with E-state index in [1.807, 2.05) is 31.2 Å². The monoisotopic (exact) mass is 333 g/mol. The molecule has 5 nitrogen and oxygen atoms in total. The highest BCUT2D eigenvalue weighted by Crippen LogP contribution is 2.15. The van der Waals surface area contributed by atoms with Gasteiger partial charge in [0.05, 0.1) is 16.3 Å². The van der Waals surface area contributed by atoms with Crippen LogP contribution in [0.5, 0.6) is 0 Å². The van der Waals surface area contributed by atoms with E-state index in [1.165, 1.54) is 12.1 Å². The summed E-state index contributed by atoms with van der Waals surface area (Å²) in [4.78, 5) is 10.2. The van der Waals surface area contributed by atoms with Crippen LogP contribution in [0, 0.1) is 10.1 Å². The third-order valence-electron chi connectivity index (χ3n) is 2.69. The fourth-order valence-electron chi connectivity index (χ4n) is 1.56. The minimum Gasteiger partial charge on any atom is -0.278 e. The topological polar surface area (TPSA) is 67.5 Å². The van der Waals surface area contributed by atoms with Crippen LogP contribution in [0.25, 0.3) is 0 Å². The van der Waals surface area contributed by atoms with E-state index in [-0.39, 0.29) is 5.69 Å². The quantitative estimate of drug-likeness (QED) is 0.518. The largest absolute Gasteiger partial charge is 0.278 e. The molecule has 6 heteroatoms. The van der Waals surface area contributed by atoms with Crippen molar-refractivity contribution < 1.29 is 4.92 Å². The molecule has 0 aliphatic heterocycles. The van der Waals surface area contributed by atoms with Crippen molar-refractivity contribution in [3.05, 3.63) is 68.7 Å². The highest BCUT2D eigenvalue weighted by atomic mass is 79.9. The summed E-state index contributed by atoms with van der Waals surface area (Å²) in [5.74, 6) is 0. The van der Waals surface area contributed by atoms with Crippen molar-refractivity contribution >= 4 is 33.0 Å². The van der Waals surface area contributed by atoms with Gasteiger partial charge in [-0.3, -0.25) is 15.5 Å². The fourth-order valence-corrected chi connectivity index (χ4v) is 1.83. The lowest BCUT2D eigenvalue weighted by molar-refractivity contribution is -0.384. The lowest BCUT2D eigenvalue weighted by Gasteiger charge is -2.03. The number of halogens is 1. The van der Waals surface area contributed by atoms with Gasteiger partial charge in [0.2, 0.25) is 0 Å². The molecule has 0 amide bonds. The number of hydrazone groups is 1. The van der Waals surface area contributed by atoms with Crippen molar-refractivity contribution in [2.75, 3.05) is 5.43 Å². The molecule has 0 saturated carbocycles. The minimum absolute atomic E-state index is 0.0717. The number of nitrogens with one attached hydrogen (secondary N) is 1. The molecule has 102 valence electrons. The van der Waals surface area contributed by atoms with Crippen molar-refractivity contribution in [2.45, 2.75) is 6.92 Å². The van der Waals surface area contributed by atoms with E-state index in [9.17, 15) is 10.1 Å². The van der Waals surface area contributed by atoms with Gasteiger partial charge in [-0.2, -0.15) is 5.10 Å². The number of non-ortho nitro benzene ring substituents is 1. The van der Waals surface area contributed by atoms with Crippen LogP contribution in [0.4, 0.5) is 11.4 Å². The molecular formula is C14H12BrN3O2. The third-order valence-corrected chi connectivity index (χ3v) is 3.22. The number of nitrogens with zero attached hydrogens (tertiary/aromatic N) is 2. The Morgan fingerprint density at radius 1 is 1.15 bits per heavy atom. The van der Waals surface area contributed by atoms with Gasteiger partial charge in [0.25, 0.3) is 5.69 Å². The van der Waals surface area contributed by atoms with E-state index in [0.29, 0.717) is 0 Å². The van der Waals surface area contributed by atoms with E-state index >= 15 is 0 Å². The number of anilines is 1. The SMILES string of the molecule is C/C(=N\Nc1ccc(Br)cc1)c1ccc([N+](=O)[O-])cc1. The van der Waals surface area contributed by atoms with Crippen molar-refractivity contribution in [3.63, 3.8) is 0 Å². The first-order valence-electron chi connectivity index (χ1n) is 5.87. The molecule has 1 N–H and O–H groups in total. The maximum absolute atomic E-state index is 10.6. The van der Waals surface area contributed by atoms with Crippen molar-refractivity contribution in [1.82, 2.24) is 0 Å². The second-order valence-electron chi connectivity index (χ2n) is 4.12. The van der Waals surface area contributed by atoms with Crippen LogP contribution < -0.4 is 5.43 Å². The number of hydrogen-bond acceptors (Lipinski definition) is 4. The Kier molecular flexibility index (Phi) is 4.47. The number of benzene rings is 2. The molecule has 0 spiro atoms. The van der Waals surface area contributed by atoms with Crippen molar-refractivity contribution in [1.29, 1.82) is 0 Å². The maximum atomic E-state index is 10.6. The Morgan fingerprint density at radius 3 is 2.30 bits per heavy atom. The smallest absolute Gasteiger partial charge is 0.269 e. The van der Waals surface area contributed by atoms with Gasteiger partial charge in [-0.1, -0.05) is 15.9 Å². The number of nitro benzene ring substituents is 1. The maximum Gasteiger partial charge on any atom is 0.269 e. The van der Waals surface area contributed by atoms with Gasteiger partial charge in [0.1, 0.15) is 0 Å². The molecule has 0 unspecified atom stereocenters. The zero-order valence-corrected chi connectivity index (χ0v) is 12.3. The molecule has 2 aromatic rings. The van der Waals surface area contributed by atoms with Crippen molar-refractivity contribution in [2.24, 2.45) is 5.10 Å². The van der Waals surface area contributed by atoms with Crippen molar-refractivity contribution in [3.8, 4) is 0 Å². The number of hydrogen-bond donors (Lipinski definition) is 1. The first kappa shape index (κ1) is 14.2. The van der Waals surface area contributed by atoms with Crippen LogP contribution in [0.2, 0.25) is 0 Å². The standard InChI is InChI=1S/C14H12BrN3O2/c1-10(11-2-8-14(9-3-11)18(19)20)16-17-13-6-4-12(15)5-7-13/h2-9,17H,1H3/b16-10+. The van der Waals surface area contributed by atoms with Crippen LogP contribution >= 0.6 is 15.9 Å². The zero-order valence-electron chi connectivity index (χ0n) is 10.7. The Bertz CT molecular complexity index is 636. The predicted molar refractivity (Wildman–Crippen MR) is 83.1 cm³/mol. The van der Waals surface area contributed by atoms with E-state index in [4.69, 9.17) is 0 Å². The number of rotatable bonds is 4. The second kappa shape index (κ2) is 6.29. The summed E-state index contributed by atoms with van der Waals surface area (Å²) in [6.45, 7) is 1.84. The molecule has 0 fully saturated rings. The summed E-state index contributed by atoms with van der Waals surface area (Å²) in [6, 6.07) is 13.9. The van der Waals surface area contributed by atoms with Gasteiger partial charge in [0, 0.05) is 16.6 Å². The Balaban J connectivity index is 2.09. The van der Waals surface area contributed by atoms with E-state index < -0.39 is 4.92 Å². The van der Waals surface area contributed by atoms with Gasteiger partial charge < -0.3 is 0 Å². The van der Waals surface area contributed by atoms with Gasteiger partial charge in [-0.05, 0) is 48.9 Å². The van der Waals surface area contributed by atoms with Crippen LogP contribution in [0.15, 0.2) is 58.1 Å². The minimum atomic E-state index is -0.420. The molecule has 0 aliphatic rings. The Hall–Kier alpha value is -2.21. The molecule has 2 rings (SSSR count). The molecule has 0 bridgehead atoms. The second-order valence-corrected chi connectivity index (χ2v) is 5.04. The highest BCUT2D eigenvalue weighted by Gasteiger charge is 2.05. The van der Waals surface area contributed by atoms with Crippen LogP contribution in [-0.2, 0) is 0 Å². The summed E-state index contributed by atoms with van der Waals surface area (Å²) in [5, 5.41) is 14.8. The zero-order chi connectivity index (χ0) is 14.5.